The minimum Gasteiger partial charge on any atom is -0.382 e. The Bertz CT molecular complexity index is 1570. The fourth-order valence-electron chi connectivity index (χ4n) is 6.22. The van der Waals surface area contributed by atoms with Gasteiger partial charge in [-0.1, -0.05) is 25.1 Å². The number of carbonyl (C=O) groups is 1. The van der Waals surface area contributed by atoms with Gasteiger partial charge in [0.2, 0.25) is 0 Å². The van der Waals surface area contributed by atoms with Crippen LogP contribution in [-0.2, 0) is 58.6 Å². The maximum absolute atomic E-state index is 11.1. The first-order valence-electron chi connectivity index (χ1n) is 21.5. The predicted molar refractivity (Wildman–Crippen MR) is 234 cm³/mol. The number of aromatic nitrogens is 3. The Labute approximate surface area is 359 Å². The van der Waals surface area contributed by atoms with Crippen molar-refractivity contribution < 1.29 is 52.2 Å². The maximum atomic E-state index is 11.1. The number of hydrogen-bond donors (Lipinski definition) is 2. The monoisotopic (exact) mass is 866 g/mol. The van der Waals surface area contributed by atoms with Gasteiger partial charge >= 0.3 is 0 Å². The molecule has 1 aliphatic rings. The summed E-state index contributed by atoms with van der Waals surface area (Å²) in [4.78, 5) is 28.9. The Morgan fingerprint density at radius 2 is 1.13 bits per heavy atom. The van der Waals surface area contributed by atoms with Crippen LogP contribution in [0.3, 0.4) is 0 Å². The van der Waals surface area contributed by atoms with E-state index in [1.807, 2.05) is 0 Å². The number of imidazole rings is 1. The van der Waals surface area contributed by atoms with Crippen LogP contribution in [0.25, 0.3) is 21.9 Å². The highest BCUT2D eigenvalue weighted by atomic mass is 32.2. The average molecular weight is 867 g/mol. The Kier molecular flexibility index (Phi) is 26.7. The highest BCUT2D eigenvalue weighted by Gasteiger charge is 2.19. The largest absolute Gasteiger partial charge is 0.382 e. The van der Waals surface area contributed by atoms with Gasteiger partial charge < -0.3 is 63.0 Å². The summed E-state index contributed by atoms with van der Waals surface area (Å²) in [6.07, 6.45) is 5.33. The van der Waals surface area contributed by atoms with E-state index in [0.717, 1.165) is 85.4 Å². The minimum atomic E-state index is 0.130. The third-order valence-corrected chi connectivity index (χ3v) is 10.2. The zero-order valence-electron chi connectivity index (χ0n) is 36.0. The van der Waals surface area contributed by atoms with Crippen LogP contribution in [0, 0.1) is 0 Å². The molecule has 0 amide bonds. The number of aryl methyl sites for hydroxylation is 1. The van der Waals surface area contributed by atoms with E-state index in [1.54, 1.807) is 6.26 Å². The Hall–Kier alpha value is -2.72. The molecular formula is C42H70N6O11S. The van der Waals surface area contributed by atoms with Crippen LogP contribution in [0.2, 0.25) is 0 Å². The number of benzene rings is 1. The zero-order valence-corrected chi connectivity index (χ0v) is 36.8. The predicted octanol–water partition coefficient (Wildman–Crippen LogP) is 3.60. The van der Waals surface area contributed by atoms with E-state index in [4.69, 9.17) is 63.1 Å². The fourth-order valence-corrected chi connectivity index (χ4v) is 6.51. The van der Waals surface area contributed by atoms with Gasteiger partial charge in [-0.3, -0.25) is 9.69 Å². The molecule has 0 saturated carbocycles. The van der Waals surface area contributed by atoms with Crippen molar-refractivity contribution in [3.8, 4) is 0 Å². The van der Waals surface area contributed by atoms with E-state index in [0.29, 0.717) is 144 Å². The molecule has 3 aromatic rings. The number of H-pyrrole nitrogens is 1. The van der Waals surface area contributed by atoms with E-state index in [1.165, 1.54) is 11.8 Å². The molecule has 3 N–H and O–H groups in total. The number of hydrogen-bond acceptors (Lipinski definition) is 17. The van der Waals surface area contributed by atoms with Crippen LogP contribution in [0.1, 0.15) is 32.0 Å². The topological polar surface area (TPSA) is 183 Å². The number of thioether (sulfide) groups is 1. The first kappa shape index (κ1) is 49.9. The molecule has 18 heteroatoms. The molecule has 0 aliphatic carbocycles. The van der Waals surface area contributed by atoms with Crippen LogP contribution in [-0.4, -0.2) is 196 Å². The number of nitrogens with two attached hydrogens (primary N) is 1. The lowest BCUT2D eigenvalue weighted by Gasteiger charge is -2.36. The lowest BCUT2D eigenvalue weighted by Crippen LogP contribution is -2.47. The Balaban J connectivity index is 0.842. The Morgan fingerprint density at radius 1 is 0.667 bits per heavy atom. The SMILES string of the molecule is CCCCc1nc2c([nH]1)c(N)nc1cc(N3CCN(CCOCCOCCOCCOCCOCCOCCOCCOCCOCCOCCC(=O)SC)CC3)ccc12. The summed E-state index contributed by atoms with van der Waals surface area (Å²) in [5.74, 6) is 1.48. The summed E-state index contributed by atoms with van der Waals surface area (Å²) in [5, 5.41) is 1.16. The van der Waals surface area contributed by atoms with Gasteiger partial charge in [-0.15, -0.1) is 0 Å². The van der Waals surface area contributed by atoms with Crippen molar-refractivity contribution in [1.82, 2.24) is 19.9 Å². The second-order valence-corrected chi connectivity index (χ2v) is 14.9. The number of pyridine rings is 1. The van der Waals surface area contributed by atoms with Crippen molar-refractivity contribution in [1.29, 1.82) is 0 Å². The second kappa shape index (κ2) is 32.0. The summed E-state index contributed by atoms with van der Waals surface area (Å²) >= 11 is 1.22. The molecule has 1 saturated heterocycles. The molecule has 60 heavy (non-hydrogen) atoms. The summed E-state index contributed by atoms with van der Waals surface area (Å²) in [6.45, 7) is 17.1. The number of nitrogen functional groups attached to an aromatic ring is 1. The summed E-state index contributed by atoms with van der Waals surface area (Å²) in [6, 6.07) is 6.45. The molecule has 4 rings (SSSR count). The molecule has 0 spiro atoms. The fraction of sp³-hybridized carbons (Fsp3) is 0.738. The van der Waals surface area contributed by atoms with Crippen molar-refractivity contribution >= 4 is 50.3 Å². The quantitative estimate of drug-likeness (QED) is 0.0801. The van der Waals surface area contributed by atoms with Crippen LogP contribution in [0.4, 0.5) is 11.5 Å². The van der Waals surface area contributed by atoms with Gasteiger partial charge in [0.1, 0.15) is 22.7 Å². The molecule has 17 nitrogen and oxygen atoms in total. The standard InChI is InChI=1S/C42H70N6O11S/c1-3-4-5-38-45-40-36-7-6-35(34-37(36)44-42(43)41(40)46-38)48-11-9-47(10-12-48)13-15-51-17-19-53-21-23-55-25-27-57-29-31-59-33-32-58-30-28-56-26-24-54-22-20-52-18-16-50-14-8-39(49)60-2/h6-7,34H,3-5,8-33H2,1-2H3,(H2,43,44)(H,45,46). The number of aromatic amines is 1. The smallest absolute Gasteiger partial charge is 0.190 e. The number of piperazine rings is 1. The van der Waals surface area contributed by atoms with E-state index in [9.17, 15) is 4.79 Å². The number of anilines is 2. The summed E-state index contributed by atoms with van der Waals surface area (Å²) in [7, 11) is 0. The number of rotatable bonds is 37. The lowest BCUT2D eigenvalue weighted by molar-refractivity contribution is -0.112. The number of carbonyl (C=O) groups excluding carboxylic acids is 1. The third kappa shape index (κ3) is 20.4. The first-order valence-corrected chi connectivity index (χ1v) is 22.7. The van der Waals surface area contributed by atoms with E-state index in [-0.39, 0.29) is 5.12 Å². The molecule has 0 atom stereocenters. The van der Waals surface area contributed by atoms with Crippen molar-refractivity contribution in [2.24, 2.45) is 0 Å². The molecule has 1 fully saturated rings. The molecule has 0 unspecified atom stereocenters. The average Bonchev–Trinajstić information content (AvgIpc) is 3.71. The summed E-state index contributed by atoms with van der Waals surface area (Å²) in [5.41, 5.74) is 10.1. The molecule has 0 radical (unpaired) electrons. The van der Waals surface area contributed by atoms with Crippen LogP contribution < -0.4 is 10.6 Å². The van der Waals surface area contributed by atoms with E-state index >= 15 is 0 Å². The number of fused-ring (bicyclic) bond motifs is 3. The molecule has 340 valence electrons. The molecule has 1 aromatic carbocycles. The number of nitrogens with one attached hydrogen (secondary N) is 1. The number of unbranched alkanes of at least 4 members (excludes halogenated alkanes) is 1. The van der Waals surface area contributed by atoms with Crippen molar-refractivity contribution in [3.63, 3.8) is 0 Å². The molecule has 1 aliphatic heterocycles. The normalized spacial score (nSPS) is 13.7. The molecule has 0 bridgehead atoms. The van der Waals surface area contributed by atoms with Crippen molar-refractivity contribution in [3.05, 3.63) is 24.0 Å². The number of nitrogens with zero attached hydrogens (tertiary/aromatic N) is 4. The second-order valence-electron chi connectivity index (χ2n) is 14.0. The van der Waals surface area contributed by atoms with Gasteiger partial charge in [0.15, 0.2) is 5.12 Å². The molecular weight excluding hydrogens is 797 g/mol. The maximum Gasteiger partial charge on any atom is 0.190 e. The van der Waals surface area contributed by atoms with Crippen LogP contribution in [0.5, 0.6) is 0 Å². The van der Waals surface area contributed by atoms with Crippen molar-refractivity contribution in [2.45, 2.75) is 32.6 Å². The molecule has 3 heterocycles. The molecule has 2 aromatic heterocycles. The lowest BCUT2D eigenvalue weighted by atomic mass is 10.1. The van der Waals surface area contributed by atoms with Crippen LogP contribution >= 0.6 is 11.8 Å². The van der Waals surface area contributed by atoms with Crippen LogP contribution in [0.15, 0.2) is 18.2 Å². The summed E-state index contributed by atoms with van der Waals surface area (Å²) < 4.78 is 55.3. The van der Waals surface area contributed by atoms with Gasteiger partial charge in [0.25, 0.3) is 0 Å². The number of ether oxygens (including phenoxy) is 10. The van der Waals surface area contributed by atoms with Gasteiger partial charge in [0.05, 0.1) is 138 Å². The van der Waals surface area contributed by atoms with Gasteiger partial charge in [0, 0.05) is 56.6 Å². The van der Waals surface area contributed by atoms with Crippen molar-refractivity contribution in [2.75, 3.05) is 182 Å². The first-order chi connectivity index (χ1) is 29.6. The van der Waals surface area contributed by atoms with Gasteiger partial charge in [-0.2, -0.15) is 0 Å². The minimum absolute atomic E-state index is 0.130. The van der Waals surface area contributed by atoms with Gasteiger partial charge in [-0.05, 0) is 30.9 Å². The highest BCUT2D eigenvalue weighted by molar-refractivity contribution is 8.13. The highest BCUT2D eigenvalue weighted by Crippen LogP contribution is 2.30. The van der Waals surface area contributed by atoms with E-state index < -0.39 is 0 Å². The zero-order chi connectivity index (χ0) is 42.3. The van der Waals surface area contributed by atoms with Gasteiger partial charge in [-0.25, -0.2) is 9.97 Å². The van der Waals surface area contributed by atoms with E-state index in [2.05, 4.69) is 39.9 Å². The Morgan fingerprint density at radius 3 is 1.60 bits per heavy atom. The third-order valence-electron chi connectivity index (χ3n) is 9.57.